The van der Waals surface area contributed by atoms with E-state index in [1.807, 2.05) is 37.3 Å². The molecular formula is C12H15NO3. The van der Waals surface area contributed by atoms with Gasteiger partial charge >= 0.3 is 6.09 Å². The zero-order valence-corrected chi connectivity index (χ0v) is 9.18. The van der Waals surface area contributed by atoms with E-state index < -0.39 is 6.09 Å². The molecule has 0 aliphatic carbocycles. The van der Waals surface area contributed by atoms with E-state index in [1.165, 1.54) is 0 Å². The van der Waals surface area contributed by atoms with Gasteiger partial charge < -0.3 is 14.8 Å². The third kappa shape index (κ3) is 3.24. The van der Waals surface area contributed by atoms with Crippen molar-refractivity contribution in [3.63, 3.8) is 0 Å². The number of rotatable bonds is 4. The lowest BCUT2D eigenvalue weighted by Gasteiger charge is -2.11. The molecule has 1 aliphatic heterocycles. The summed E-state index contributed by atoms with van der Waals surface area (Å²) in [6.45, 7) is 2.92. The van der Waals surface area contributed by atoms with Crippen LogP contribution >= 0.6 is 0 Å². The van der Waals surface area contributed by atoms with Crippen LogP contribution in [0.15, 0.2) is 30.3 Å². The fourth-order valence-corrected chi connectivity index (χ4v) is 1.39. The number of hydrogen-bond donors (Lipinski definition) is 1. The van der Waals surface area contributed by atoms with Crippen molar-refractivity contribution in [1.29, 1.82) is 0 Å². The monoisotopic (exact) mass is 221 g/mol. The van der Waals surface area contributed by atoms with E-state index in [9.17, 15) is 4.79 Å². The smallest absolute Gasteiger partial charge is 0.407 e. The van der Waals surface area contributed by atoms with E-state index in [0.717, 1.165) is 12.2 Å². The molecule has 4 nitrogen and oxygen atoms in total. The highest BCUT2D eigenvalue weighted by molar-refractivity contribution is 5.67. The molecular weight excluding hydrogens is 206 g/mol. The molecule has 16 heavy (non-hydrogen) atoms. The highest BCUT2D eigenvalue weighted by atomic mass is 16.6. The Bertz CT molecular complexity index is 349. The van der Waals surface area contributed by atoms with Crippen LogP contribution in [0.3, 0.4) is 0 Å². The first kappa shape index (κ1) is 11.0. The van der Waals surface area contributed by atoms with Crippen LogP contribution in [-0.4, -0.2) is 24.8 Å². The summed E-state index contributed by atoms with van der Waals surface area (Å²) >= 11 is 0. The van der Waals surface area contributed by atoms with Gasteiger partial charge in [0.15, 0.2) is 0 Å². The molecule has 1 aromatic rings. The largest absolute Gasteiger partial charge is 0.445 e. The first-order valence-electron chi connectivity index (χ1n) is 5.34. The minimum Gasteiger partial charge on any atom is -0.445 e. The highest BCUT2D eigenvalue weighted by Gasteiger charge is 2.30. The average molecular weight is 221 g/mol. The Hall–Kier alpha value is -1.55. The lowest BCUT2D eigenvalue weighted by Crippen LogP contribution is -2.36. The Morgan fingerprint density at radius 2 is 2.25 bits per heavy atom. The Morgan fingerprint density at radius 3 is 2.88 bits per heavy atom. The maximum absolute atomic E-state index is 11.4. The van der Waals surface area contributed by atoms with Gasteiger partial charge in [-0.25, -0.2) is 4.79 Å². The molecule has 0 radical (unpaired) electrons. The summed E-state index contributed by atoms with van der Waals surface area (Å²) in [4.78, 5) is 11.4. The number of alkyl carbamates (subject to hydrolysis) is 1. The van der Waals surface area contributed by atoms with E-state index in [1.54, 1.807) is 0 Å². The number of benzene rings is 1. The second-order valence-electron chi connectivity index (χ2n) is 3.87. The summed E-state index contributed by atoms with van der Waals surface area (Å²) in [7, 11) is 0. The zero-order valence-electron chi connectivity index (χ0n) is 9.18. The van der Waals surface area contributed by atoms with Crippen LogP contribution in [0.25, 0.3) is 0 Å². The van der Waals surface area contributed by atoms with E-state index in [4.69, 9.17) is 9.47 Å². The molecule has 1 aliphatic rings. The van der Waals surface area contributed by atoms with Gasteiger partial charge in [0.05, 0.1) is 12.6 Å². The molecule has 0 unspecified atom stereocenters. The molecule has 1 fully saturated rings. The summed E-state index contributed by atoms with van der Waals surface area (Å²) in [6, 6.07) is 9.61. The van der Waals surface area contributed by atoms with Crippen molar-refractivity contribution < 1.29 is 14.3 Å². The maximum atomic E-state index is 11.4. The van der Waals surface area contributed by atoms with Crippen LogP contribution in [-0.2, 0) is 16.1 Å². The van der Waals surface area contributed by atoms with Crippen LogP contribution in [0.5, 0.6) is 0 Å². The van der Waals surface area contributed by atoms with Crippen LogP contribution in [0.2, 0.25) is 0 Å². The van der Waals surface area contributed by atoms with Gasteiger partial charge in [0.25, 0.3) is 0 Å². The van der Waals surface area contributed by atoms with E-state index >= 15 is 0 Å². The van der Waals surface area contributed by atoms with Crippen LogP contribution in [0.1, 0.15) is 12.5 Å². The third-order valence-electron chi connectivity index (χ3n) is 2.48. The zero-order chi connectivity index (χ0) is 11.4. The van der Waals surface area contributed by atoms with Gasteiger partial charge in [0, 0.05) is 0 Å². The van der Waals surface area contributed by atoms with Gasteiger partial charge in [0.1, 0.15) is 12.7 Å². The number of hydrogen-bond acceptors (Lipinski definition) is 3. The SMILES string of the molecule is C[C@H](NC(=O)OCc1ccccc1)[C@@H]1CO1. The molecule has 1 N–H and O–H groups in total. The predicted molar refractivity (Wildman–Crippen MR) is 59.0 cm³/mol. The molecule has 86 valence electrons. The minimum atomic E-state index is -0.396. The van der Waals surface area contributed by atoms with Crippen LogP contribution < -0.4 is 5.32 Å². The van der Waals surface area contributed by atoms with Crippen LogP contribution in [0.4, 0.5) is 4.79 Å². The Morgan fingerprint density at radius 1 is 1.56 bits per heavy atom. The topological polar surface area (TPSA) is 50.9 Å². The van der Waals surface area contributed by atoms with Gasteiger partial charge in [-0.05, 0) is 12.5 Å². The standard InChI is InChI=1S/C12H15NO3/c1-9(11-8-15-11)13-12(14)16-7-10-5-3-2-4-6-10/h2-6,9,11H,7-8H2,1H3,(H,13,14)/t9-,11-/m0/s1. The molecule has 1 heterocycles. The van der Waals surface area contributed by atoms with Gasteiger partial charge in [0.2, 0.25) is 0 Å². The molecule has 0 saturated carbocycles. The fourth-order valence-electron chi connectivity index (χ4n) is 1.39. The molecule has 1 amide bonds. The number of amides is 1. The quantitative estimate of drug-likeness (QED) is 0.787. The number of ether oxygens (including phenoxy) is 2. The number of epoxide rings is 1. The molecule has 0 bridgehead atoms. The van der Waals surface area contributed by atoms with E-state index in [-0.39, 0.29) is 12.1 Å². The first-order chi connectivity index (χ1) is 7.75. The van der Waals surface area contributed by atoms with Gasteiger partial charge in [-0.1, -0.05) is 30.3 Å². The van der Waals surface area contributed by atoms with E-state index in [2.05, 4.69) is 5.32 Å². The molecule has 4 heteroatoms. The first-order valence-corrected chi connectivity index (χ1v) is 5.34. The summed E-state index contributed by atoms with van der Waals surface area (Å²) in [6.07, 6.45) is -0.240. The Labute approximate surface area is 94.6 Å². The second kappa shape index (κ2) is 4.99. The predicted octanol–water partition coefficient (Wildman–Crippen LogP) is 1.70. The summed E-state index contributed by atoms with van der Waals surface area (Å²) in [5, 5.41) is 2.73. The normalized spacial score (nSPS) is 19.9. The van der Waals surface area contributed by atoms with Gasteiger partial charge in [-0.2, -0.15) is 0 Å². The van der Waals surface area contributed by atoms with Gasteiger partial charge in [-0.15, -0.1) is 0 Å². The number of carbonyl (C=O) groups excluding carboxylic acids is 1. The van der Waals surface area contributed by atoms with Crippen molar-refractivity contribution in [3.05, 3.63) is 35.9 Å². The van der Waals surface area contributed by atoms with Gasteiger partial charge in [-0.3, -0.25) is 0 Å². The Kier molecular flexibility index (Phi) is 3.41. The van der Waals surface area contributed by atoms with Crippen LogP contribution in [0, 0.1) is 0 Å². The molecule has 2 rings (SSSR count). The van der Waals surface area contributed by atoms with Crippen molar-refractivity contribution in [2.75, 3.05) is 6.61 Å². The molecule has 0 aromatic heterocycles. The van der Waals surface area contributed by atoms with Crippen molar-refractivity contribution >= 4 is 6.09 Å². The third-order valence-corrected chi connectivity index (χ3v) is 2.48. The van der Waals surface area contributed by atoms with E-state index in [0.29, 0.717) is 6.61 Å². The molecule has 1 saturated heterocycles. The highest BCUT2D eigenvalue weighted by Crippen LogP contribution is 2.13. The van der Waals surface area contributed by atoms with Crippen molar-refractivity contribution in [2.45, 2.75) is 25.7 Å². The van der Waals surface area contributed by atoms with Crippen molar-refractivity contribution in [3.8, 4) is 0 Å². The molecule has 1 aromatic carbocycles. The lowest BCUT2D eigenvalue weighted by molar-refractivity contribution is 0.134. The summed E-state index contributed by atoms with van der Waals surface area (Å²) < 4.78 is 10.1. The Balaban J connectivity index is 1.71. The number of nitrogens with one attached hydrogen (secondary N) is 1. The molecule has 0 spiro atoms. The number of carbonyl (C=O) groups is 1. The van der Waals surface area contributed by atoms with Crippen molar-refractivity contribution in [2.24, 2.45) is 0 Å². The molecule has 2 atom stereocenters. The average Bonchev–Trinajstić information content (AvgIpc) is 3.11. The summed E-state index contributed by atoms with van der Waals surface area (Å²) in [5.41, 5.74) is 0.980. The minimum absolute atomic E-state index is 0.0169. The maximum Gasteiger partial charge on any atom is 0.407 e. The van der Waals surface area contributed by atoms with Crippen molar-refractivity contribution in [1.82, 2.24) is 5.32 Å². The second-order valence-corrected chi connectivity index (χ2v) is 3.87. The summed E-state index contributed by atoms with van der Waals surface area (Å²) in [5.74, 6) is 0. The fraction of sp³-hybridized carbons (Fsp3) is 0.417. The lowest BCUT2D eigenvalue weighted by atomic mass is 10.2.